The van der Waals surface area contributed by atoms with E-state index in [1.165, 1.54) is 6.92 Å². The molecule has 30 heavy (non-hydrogen) atoms. The lowest BCUT2D eigenvalue weighted by molar-refractivity contribution is 0.101. The molecule has 0 aliphatic heterocycles. The topological polar surface area (TPSA) is 71.6 Å². The first-order valence-corrected chi connectivity index (χ1v) is 9.61. The number of aromatic nitrogens is 2. The normalized spacial score (nSPS) is 11.3. The maximum Gasteiger partial charge on any atom is 0.165 e. The number of aliphatic imine (C=N–C) groups is 1. The van der Waals surface area contributed by atoms with Crippen molar-refractivity contribution < 1.29 is 9.21 Å². The number of rotatable bonds is 5. The van der Waals surface area contributed by atoms with E-state index in [2.05, 4.69) is 9.98 Å². The molecule has 0 bridgehead atoms. The van der Waals surface area contributed by atoms with Crippen molar-refractivity contribution in [3.63, 3.8) is 0 Å². The van der Waals surface area contributed by atoms with Crippen LogP contribution in [0.4, 0.5) is 5.82 Å². The Morgan fingerprint density at radius 1 is 1.13 bits per heavy atom. The average molecular weight is 398 g/mol. The van der Waals surface area contributed by atoms with Gasteiger partial charge in [0, 0.05) is 31.2 Å². The van der Waals surface area contributed by atoms with Crippen LogP contribution in [0.2, 0.25) is 0 Å². The Hall–Kier alpha value is -3.80. The standard InChI is InChI=1S/C24H22N4O2/c1-15-7-10-22(30-15)23-20(17-8-9-21-18(12-17)6-5-11-25-21)13-19(16(2)29)24(27-23)26-14-28(3)4/h5-14H,1-4H3/b26-14-. The second kappa shape index (κ2) is 7.91. The first-order chi connectivity index (χ1) is 14.4. The molecule has 4 aromatic rings. The van der Waals surface area contributed by atoms with E-state index in [9.17, 15) is 4.79 Å². The van der Waals surface area contributed by atoms with Crippen LogP contribution in [-0.2, 0) is 0 Å². The van der Waals surface area contributed by atoms with Crippen LogP contribution in [0.15, 0.2) is 64.1 Å². The number of hydrogen-bond acceptors (Lipinski definition) is 5. The number of carbonyl (C=O) groups is 1. The molecule has 1 aromatic carbocycles. The van der Waals surface area contributed by atoms with E-state index in [0.29, 0.717) is 22.8 Å². The van der Waals surface area contributed by atoms with Gasteiger partial charge in [-0.25, -0.2) is 9.98 Å². The van der Waals surface area contributed by atoms with Gasteiger partial charge in [-0.3, -0.25) is 9.78 Å². The number of furan rings is 1. The van der Waals surface area contributed by atoms with Crippen molar-refractivity contribution >= 4 is 28.8 Å². The van der Waals surface area contributed by atoms with Crippen molar-refractivity contribution in [2.75, 3.05) is 14.1 Å². The molecule has 6 heteroatoms. The molecule has 0 saturated heterocycles. The molecule has 0 fully saturated rings. The Labute approximate surface area is 174 Å². The summed E-state index contributed by atoms with van der Waals surface area (Å²) in [5.41, 5.74) is 3.74. The van der Waals surface area contributed by atoms with Crippen LogP contribution in [0, 0.1) is 6.92 Å². The maximum atomic E-state index is 12.4. The predicted octanol–water partition coefficient (Wildman–Crippen LogP) is 5.29. The summed E-state index contributed by atoms with van der Waals surface area (Å²) in [6.07, 6.45) is 3.40. The predicted molar refractivity (Wildman–Crippen MR) is 119 cm³/mol. The highest BCUT2D eigenvalue weighted by Crippen LogP contribution is 2.36. The van der Waals surface area contributed by atoms with E-state index in [0.717, 1.165) is 27.8 Å². The van der Waals surface area contributed by atoms with Gasteiger partial charge in [-0.15, -0.1) is 0 Å². The molecule has 3 heterocycles. The highest BCUT2D eigenvalue weighted by Gasteiger charge is 2.19. The first-order valence-electron chi connectivity index (χ1n) is 9.61. The zero-order valence-electron chi connectivity index (χ0n) is 17.4. The number of benzene rings is 1. The summed E-state index contributed by atoms with van der Waals surface area (Å²) in [7, 11) is 3.73. The highest BCUT2D eigenvalue weighted by molar-refractivity contribution is 6.01. The van der Waals surface area contributed by atoms with E-state index in [4.69, 9.17) is 9.40 Å². The van der Waals surface area contributed by atoms with Crippen LogP contribution >= 0.6 is 0 Å². The van der Waals surface area contributed by atoms with E-state index < -0.39 is 0 Å². The molecule has 3 aromatic heterocycles. The van der Waals surface area contributed by atoms with Gasteiger partial charge in [0.2, 0.25) is 0 Å². The van der Waals surface area contributed by atoms with Crippen molar-refractivity contribution in [3.8, 4) is 22.6 Å². The lowest BCUT2D eigenvalue weighted by atomic mass is 9.97. The second-order valence-corrected chi connectivity index (χ2v) is 7.34. The number of hydrogen-bond donors (Lipinski definition) is 0. The van der Waals surface area contributed by atoms with E-state index >= 15 is 0 Å². The first kappa shape index (κ1) is 19.5. The number of Topliss-reactive ketones (excluding diaryl/α,β-unsaturated/α-hetero) is 1. The molecule has 6 nitrogen and oxygen atoms in total. The molecule has 0 spiro atoms. The van der Waals surface area contributed by atoms with Crippen LogP contribution in [0.1, 0.15) is 23.0 Å². The van der Waals surface area contributed by atoms with Crippen molar-refractivity contribution in [1.29, 1.82) is 0 Å². The fourth-order valence-electron chi connectivity index (χ4n) is 3.24. The van der Waals surface area contributed by atoms with Crippen molar-refractivity contribution in [1.82, 2.24) is 14.9 Å². The van der Waals surface area contributed by atoms with Gasteiger partial charge in [0.25, 0.3) is 0 Å². The van der Waals surface area contributed by atoms with Gasteiger partial charge in [0.1, 0.15) is 11.5 Å². The fourth-order valence-corrected chi connectivity index (χ4v) is 3.24. The quantitative estimate of drug-likeness (QED) is 0.259. The molecular weight excluding hydrogens is 376 g/mol. The lowest BCUT2D eigenvalue weighted by Crippen LogP contribution is -2.08. The monoisotopic (exact) mass is 398 g/mol. The number of fused-ring (bicyclic) bond motifs is 1. The summed E-state index contributed by atoms with van der Waals surface area (Å²) in [5.74, 6) is 1.69. The van der Waals surface area contributed by atoms with E-state index in [1.807, 2.05) is 69.6 Å². The molecule has 150 valence electrons. The Kier molecular flexibility index (Phi) is 5.14. The van der Waals surface area contributed by atoms with Gasteiger partial charge in [0.15, 0.2) is 17.4 Å². The van der Waals surface area contributed by atoms with Crippen LogP contribution in [0.5, 0.6) is 0 Å². The number of carbonyl (C=O) groups excluding carboxylic acids is 1. The number of ketones is 1. The minimum Gasteiger partial charge on any atom is -0.460 e. The summed E-state index contributed by atoms with van der Waals surface area (Å²) >= 11 is 0. The molecule has 0 N–H and O–H groups in total. The van der Waals surface area contributed by atoms with Crippen molar-refractivity contribution in [2.24, 2.45) is 4.99 Å². The Morgan fingerprint density at radius 2 is 1.97 bits per heavy atom. The molecule has 0 unspecified atom stereocenters. The molecule has 0 aliphatic rings. The molecule has 0 saturated carbocycles. The van der Waals surface area contributed by atoms with Crippen molar-refractivity contribution in [3.05, 3.63) is 66.1 Å². The molecule has 0 atom stereocenters. The molecular formula is C24H22N4O2. The second-order valence-electron chi connectivity index (χ2n) is 7.34. The zero-order chi connectivity index (χ0) is 21.3. The van der Waals surface area contributed by atoms with Crippen LogP contribution in [0.25, 0.3) is 33.5 Å². The minimum atomic E-state index is -0.0979. The van der Waals surface area contributed by atoms with Gasteiger partial charge in [0.05, 0.1) is 17.4 Å². The summed E-state index contributed by atoms with van der Waals surface area (Å²) in [5, 5.41) is 1.01. The Bertz CT molecular complexity index is 1270. The summed E-state index contributed by atoms with van der Waals surface area (Å²) < 4.78 is 5.88. The SMILES string of the molecule is CC(=O)c1cc(-c2ccc3ncccc3c2)c(-c2ccc(C)o2)nc1/N=C\N(C)C. The van der Waals surface area contributed by atoms with Gasteiger partial charge in [-0.05, 0) is 55.8 Å². The smallest absolute Gasteiger partial charge is 0.165 e. The fraction of sp³-hybridized carbons (Fsp3) is 0.167. The van der Waals surface area contributed by atoms with Gasteiger partial charge < -0.3 is 9.32 Å². The molecule has 0 radical (unpaired) electrons. The third-order valence-electron chi connectivity index (χ3n) is 4.68. The number of aryl methyl sites for hydroxylation is 1. The summed E-state index contributed by atoms with van der Waals surface area (Å²) in [6.45, 7) is 3.41. The summed E-state index contributed by atoms with van der Waals surface area (Å²) in [4.78, 5) is 27.8. The van der Waals surface area contributed by atoms with Gasteiger partial charge in [-0.1, -0.05) is 12.1 Å². The largest absolute Gasteiger partial charge is 0.460 e. The Balaban J connectivity index is 1.99. The molecule has 0 aliphatic carbocycles. The third kappa shape index (κ3) is 3.85. The van der Waals surface area contributed by atoms with Gasteiger partial charge >= 0.3 is 0 Å². The maximum absolute atomic E-state index is 12.4. The zero-order valence-corrected chi connectivity index (χ0v) is 17.4. The Morgan fingerprint density at radius 3 is 2.67 bits per heavy atom. The van der Waals surface area contributed by atoms with Crippen molar-refractivity contribution in [2.45, 2.75) is 13.8 Å². The van der Waals surface area contributed by atoms with Gasteiger partial charge in [-0.2, -0.15) is 0 Å². The average Bonchev–Trinajstić information content (AvgIpc) is 3.17. The summed E-state index contributed by atoms with van der Waals surface area (Å²) in [6, 6.07) is 15.5. The highest BCUT2D eigenvalue weighted by atomic mass is 16.3. The third-order valence-corrected chi connectivity index (χ3v) is 4.68. The van der Waals surface area contributed by atoms with Crippen LogP contribution < -0.4 is 0 Å². The number of pyridine rings is 2. The van der Waals surface area contributed by atoms with Crippen LogP contribution in [0.3, 0.4) is 0 Å². The minimum absolute atomic E-state index is 0.0979. The number of nitrogens with zero attached hydrogens (tertiary/aromatic N) is 4. The van der Waals surface area contributed by atoms with Crippen LogP contribution in [-0.4, -0.2) is 41.1 Å². The lowest BCUT2D eigenvalue weighted by Gasteiger charge is -2.13. The van der Waals surface area contributed by atoms with E-state index in [-0.39, 0.29) is 5.78 Å². The molecule has 4 rings (SSSR count). The molecule has 0 amide bonds. The van der Waals surface area contributed by atoms with E-state index in [1.54, 1.807) is 17.4 Å².